The Bertz CT molecular complexity index is 6430. The van der Waals surface area contributed by atoms with Gasteiger partial charge in [0.2, 0.25) is 29.7 Å². The van der Waals surface area contributed by atoms with Gasteiger partial charge in [0.05, 0.1) is 56.0 Å². The number of nitrogens with two attached hydrogens (primary N) is 1. The number of thiophene rings is 1. The van der Waals surface area contributed by atoms with Crippen LogP contribution in [0.4, 0.5) is 42.4 Å². The molecule has 39 heteroatoms. The molecule has 8 aromatic carbocycles. The number of quaternary nitrogens is 1. The van der Waals surface area contributed by atoms with E-state index in [1.54, 1.807) is 123 Å². The maximum absolute atomic E-state index is 14.9. The highest BCUT2D eigenvalue weighted by Gasteiger charge is 2.38. The van der Waals surface area contributed by atoms with Crippen LogP contribution in [0.3, 0.4) is 0 Å². The van der Waals surface area contributed by atoms with Crippen LogP contribution in [0.5, 0.6) is 28.9 Å². The Morgan fingerprint density at radius 3 is 2.01 bits per heavy atom. The van der Waals surface area contributed by atoms with E-state index in [9.17, 15) is 55.9 Å². The number of ether oxygens (including phenoxy) is 9. The molecule has 0 unspecified atom stereocenters. The van der Waals surface area contributed by atoms with Gasteiger partial charge in [0.25, 0.3) is 0 Å². The zero-order valence-electron chi connectivity index (χ0n) is 82.4. The molecule has 4 atom stereocenters. The Hall–Kier alpha value is -15.2. The van der Waals surface area contributed by atoms with Crippen LogP contribution in [-0.2, 0) is 75.6 Å². The number of unbranched alkanes of at least 4 members (excludes halogenated alkanes) is 1. The normalized spacial score (nSPS) is 13.5. The van der Waals surface area contributed by atoms with Crippen molar-refractivity contribution >= 4 is 92.8 Å². The molecule has 33 nitrogen and oxygen atoms in total. The van der Waals surface area contributed by atoms with Gasteiger partial charge in [0.1, 0.15) is 103 Å². The van der Waals surface area contributed by atoms with Crippen LogP contribution in [-0.4, -0.2) is 218 Å². The predicted octanol–water partition coefficient (Wildman–Crippen LogP) is 15.4. The first kappa shape index (κ1) is 110. The van der Waals surface area contributed by atoms with E-state index in [0.29, 0.717) is 161 Å². The smallest absolute Gasteiger partial charge is 0.430 e. The number of terminal acetylenes is 1. The number of esters is 1. The van der Waals surface area contributed by atoms with Gasteiger partial charge >= 0.3 is 36.5 Å². The fourth-order valence-corrected chi connectivity index (χ4v) is 18.1. The highest BCUT2D eigenvalue weighted by Crippen LogP contribution is 2.51. The number of hydrogen-bond acceptors (Lipinski definition) is 25. The maximum Gasteiger partial charge on any atom is 0.430 e. The van der Waals surface area contributed by atoms with E-state index >= 15 is 0 Å². The highest BCUT2D eigenvalue weighted by molar-refractivity contribution is 7.22. The number of para-hydroxylation sites is 2. The van der Waals surface area contributed by atoms with Crippen molar-refractivity contribution in [3.05, 3.63) is 250 Å². The summed E-state index contributed by atoms with van der Waals surface area (Å²) < 4.78 is 101. The lowest BCUT2D eigenvalue weighted by molar-refractivity contribution is -0.926. The average molecular weight is 2050 g/mol. The molecular weight excluding hydrogens is 1930 g/mol. The van der Waals surface area contributed by atoms with Gasteiger partial charge < -0.3 is 99.6 Å². The Morgan fingerprint density at radius 2 is 1.34 bits per heavy atom. The molecule has 0 spiro atoms. The van der Waals surface area contributed by atoms with Crippen LogP contribution < -0.4 is 66.4 Å². The van der Waals surface area contributed by atoms with Crippen molar-refractivity contribution in [1.29, 1.82) is 0 Å². The van der Waals surface area contributed by atoms with Gasteiger partial charge in [-0.1, -0.05) is 147 Å². The summed E-state index contributed by atoms with van der Waals surface area (Å²) in [5.74, 6) is -2.12. The molecule has 4 heterocycles. The number of halogens is 5. The van der Waals surface area contributed by atoms with Crippen molar-refractivity contribution < 1.29 is 113 Å². The number of nitrogens with zero attached hydrogens (tertiary/aromatic N) is 7. The first-order chi connectivity index (χ1) is 69.9. The first-order valence-corrected chi connectivity index (χ1v) is 48.4. The van der Waals surface area contributed by atoms with Crippen LogP contribution in [0.15, 0.2) is 195 Å². The second-order valence-corrected chi connectivity index (χ2v) is 37.8. The average Bonchev–Trinajstić information content (AvgIpc) is 1.60. The van der Waals surface area contributed by atoms with Gasteiger partial charge in [-0.3, -0.25) is 19.3 Å². The Morgan fingerprint density at radius 1 is 0.685 bits per heavy atom. The molecule has 1 fully saturated rings. The summed E-state index contributed by atoms with van der Waals surface area (Å²) in [6, 6.07) is 50.7. The quantitative estimate of drug-likeness (QED) is 0.00466. The zero-order valence-corrected chi connectivity index (χ0v) is 84.0. The van der Waals surface area contributed by atoms with Gasteiger partial charge in [-0.2, -0.15) is 13.2 Å². The molecule has 770 valence electrons. The fraction of sp³-hybridized carbons (Fsp3) is 0.355. The molecule has 1 aliphatic carbocycles. The Kier molecular flexibility index (Phi) is 38.5. The summed E-state index contributed by atoms with van der Waals surface area (Å²) in [5, 5.41) is 26.0. The van der Waals surface area contributed by atoms with E-state index in [4.69, 9.17) is 91.2 Å². The Labute approximate surface area is 851 Å². The van der Waals surface area contributed by atoms with Crippen LogP contribution in [0, 0.1) is 31.0 Å². The predicted molar refractivity (Wildman–Crippen MR) is 539 cm³/mol. The number of anilines is 1. The number of carboxylic acids is 1. The molecule has 11 aromatic rings. The van der Waals surface area contributed by atoms with E-state index < -0.39 is 102 Å². The van der Waals surface area contributed by atoms with Crippen molar-refractivity contribution in [2.24, 2.45) is 11.7 Å². The van der Waals surface area contributed by atoms with Gasteiger partial charge in [0, 0.05) is 86.5 Å². The number of aliphatic carboxylic acids is 1. The lowest BCUT2D eigenvalue weighted by Gasteiger charge is -2.42. The molecule has 8 amide bonds. The number of primary amides is 1. The second kappa shape index (κ2) is 51.3. The standard InChI is InChI=1S/C105H116ClFN14O17S.C2HF3O2/c1-12-55-133-103(128)117-84(30-21-22-47-111-102(127)138-105(5,6)7)96(123)118-92(65(2)3)97(124)116-83(31-23-48-110-101(108)126)95(122)115-73-41-38-70(71(57-73)59-119(8)104(129)136-63-82-79-27-16-14-25-77(79)78-26-15-17-28-80(78)82)60-121(9)53-50-120(51-54-121)52-56-132-87-45-44-76(66(4)91(87)106)89-90-98(112-64-113-99(90)139-93(89)68-36-39-72(107)40-37-68)137-88(100(125)135-61-67-34-42-75(130-10)43-35-67)58-69-24-13-19-32-85(69)134-62-74-46-49-109-94(114-74)81-29-18-20-33-86(81)131-11;3-2(4,5)1(6)7/h1,13-20,24-29,32-46,49,57,64-65,82-84,88,92H,21-23,30-31,47-48,50-56,58-63H2,2-11H3,(H7-,108,110,111,115,116,117,118,122,123,124,126,127,128);(H,6,7)/t83-,84-,88+,92-;/m0./s1. The fourth-order valence-electron chi connectivity index (χ4n) is 16.7. The van der Waals surface area contributed by atoms with Crippen LogP contribution in [0.25, 0.3) is 54.3 Å². The molecule has 0 saturated carbocycles. The molecule has 8 N–H and O–H groups in total. The number of carbonyl (C=O) groups is 9. The van der Waals surface area contributed by atoms with E-state index in [1.807, 2.05) is 91.9 Å². The number of carboxylic acid groups (broad SMARTS) is 1. The number of nitrogens with one attached hydrogen (secondary N) is 6. The van der Waals surface area contributed by atoms with Crippen molar-refractivity contribution in [2.75, 3.05) is 99.3 Å². The number of aromatic nitrogens is 4. The van der Waals surface area contributed by atoms with E-state index in [0.717, 1.165) is 27.8 Å². The first-order valence-electron chi connectivity index (χ1n) is 47.3. The van der Waals surface area contributed by atoms with E-state index in [-0.39, 0.29) is 90.1 Å². The van der Waals surface area contributed by atoms with Gasteiger partial charge in [-0.25, -0.2) is 48.3 Å². The summed E-state index contributed by atoms with van der Waals surface area (Å²) in [6.07, 6.45) is 0.598. The number of alkyl carbamates (subject to hydrolysis) is 2. The molecule has 146 heavy (non-hydrogen) atoms. The number of likely N-dealkylation sites (N-methyl/N-ethyl adjacent to an activating group) is 1. The van der Waals surface area contributed by atoms with Gasteiger partial charge in [-0.05, 0) is 188 Å². The SMILES string of the molecule is C#CCOC(=O)N[C@@H](CCCCNC(=O)OC(C)(C)C)C(=O)N[C@H](C(=O)N[C@@H](CCCNC(N)=O)C(=O)Nc1ccc(C[N+]2(C)CCN(CCOc3ccc(-c4c(-c5ccc(F)cc5)sc5ncnc(O[C@H](Cc6ccccc6OCc6ccnc(-c7ccccc7OC)n6)C(=O)OCc6ccc(OC)cc6)c45)c(C)c3Cl)CC2)c(CN(C)C(=O)OCC2c3ccccc3-c3ccccc32)c1)C(C)C.O=C([O-])C(F)(F)F. The number of carbonyl (C=O) groups excluding carboxylic acids is 9. The highest BCUT2D eigenvalue weighted by atomic mass is 35.5. The number of rotatable bonds is 43. The minimum atomic E-state index is -5.19. The molecule has 0 radical (unpaired) electrons. The lowest BCUT2D eigenvalue weighted by atomic mass is 9.96. The number of hydrogen-bond donors (Lipinski definition) is 7. The van der Waals surface area contributed by atoms with E-state index in [2.05, 4.69) is 79.0 Å². The summed E-state index contributed by atoms with van der Waals surface area (Å²) >= 11 is 8.82. The van der Waals surface area contributed by atoms with E-state index in [1.165, 1.54) is 34.7 Å². The van der Waals surface area contributed by atoms with Gasteiger partial charge in [0.15, 0.2) is 12.4 Å². The third-order valence-electron chi connectivity index (χ3n) is 24.3. The van der Waals surface area contributed by atoms with Crippen LogP contribution in [0.1, 0.15) is 117 Å². The lowest BCUT2D eigenvalue weighted by Crippen LogP contribution is -2.57. The molecule has 13 rings (SSSR count). The summed E-state index contributed by atoms with van der Waals surface area (Å²) in [6.45, 7) is 14.5. The summed E-state index contributed by atoms with van der Waals surface area (Å²) in [7, 11) is 7.00. The second-order valence-electron chi connectivity index (χ2n) is 36.4. The molecule has 3 aromatic heterocycles. The largest absolute Gasteiger partial charge is 0.542 e. The number of benzene rings is 8. The molecule has 1 saturated heterocycles. The van der Waals surface area contributed by atoms with Crippen LogP contribution in [0.2, 0.25) is 5.02 Å². The Balaban J connectivity index is 0.00000261. The maximum atomic E-state index is 14.9. The topological polar surface area (TPSA) is 416 Å². The minimum Gasteiger partial charge on any atom is -0.542 e. The van der Waals surface area contributed by atoms with Gasteiger partial charge in [-0.15, -0.1) is 17.8 Å². The minimum absolute atomic E-state index is 0.00294. The molecule has 1 aliphatic heterocycles. The van der Waals surface area contributed by atoms with Crippen molar-refractivity contribution in [3.8, 4) is 85.3 Å². The number of piperazine rings is 1. The van der Waals surface area contributed by atoms with Crippen molar-refractivity contribution in [1.82, 2.24) is 56.3 Å². The molecule has 2 aliphatic rings. The summed E-state index contributed by atoms with van der Waals surface area (Å²) in [5.41, 5.74) is 16.1. The number of alkyl halides is 3. The van der Waals surface area contributed by atoms with Crippen LogP contribution >= 0.6 is 22.9 Å². The number of amides is 8. The zero-order chi connectivity index (χ0) is 105. The molecular formula is C107H117ClF4N14O19S. The van der Waals surface area contributed by atoms with Crippen molar-refractivity contribution in [2.45, 2.75) is 148 Å². The number of fused-ring (bicyclic) bond motifs is 4. The number of methoxy groups -OCH3 is 2. The monoisotopic (exact) mass is 2040 g/mol. The third-order valence-corrected chi connectivity index (χ3v) is 25.9. The third kappa shape index (κ3) is 30.5. The molecule has 0 bridgehead atoms. The van der Waals surface area contributed by atoms with Crippen molar-refractivity contribution in [3.63, 3.8) is 0 Å². The number of urea groups is 1. The summed E-state index contributed by atoms with van der Waals surface area (Å²) in [4.78, 5) is 143.